The average Bonchev–Trinajstić information content (AvgIpc) is 2.84. The maximum atomic E-state index is 12.8. The molecule has 0 atom stereocenters. The maximum absolute atomic E-state index is 12.8. The third-order valence-corrected chi connectivity index (χ3v) is 5.61. The molecule has 3 aromatic rings. The lowest BCUT2D eigenvalue weighted by molar-refractivity contribution is 0.208. The number of carbonyl (C=O) groups excluding carboxylic acids is 1. The van der Waals surface area contributed by atoms with E-state index in [9.17, 15) is 4.79 Å². The van der Waals surface area contributed by atoms with E-state index in [4.69, 9.17) is 14.2 Å². The molecule has 9 heteroatoms. The zero-order valence-corrected chi connectivity index (χ0v) is 20.9. The van der Waals surface area contributed by atoms with Crippen LogP contribution in [-0.4, -0.2) is 66.4 Å². The first-order valence-corrected chi connectivity index (χ1v) is 11.9. The van der Waals surface area contributed by atoms with E-state index in [1.807, 2.05) is 69.0 Å². The number of nitrogens with zero attached hydrogens (tertiary/aromatic N) is 4. The molecule has 9 nitrogen and oxygen atoms in total. The lowest BCUT2D eigenvalue weighted by atomic mass is 10.2. The van der Waals surface area contributed by atoms with E-state index in [2.05, 4.69) is 20.2 Å². The number of urea groups is 1. The summed E-state index contributed by atoms with van der Waals surface area (Å²) in [6, 6.07) is 11.1. The molecule has 0 unspecified atom stereocenters. The second kappa shape index (κ2) is 10.7. The number of benzene rings is 2. The number of amides is 2. The van der Waals surface area contributed by atoms with Crippen molar-refractivity contribution in [3.05, 3.63) is 42.7 Å². The summed E-state index contributed by atoms with van der Waals surface area (Å²) in [7, 11) is 1.63. The Morgan fingerprint density at radius 1 is 0.914 bits per heavy atom. The maximum Gasteiger partial charge on any atom is 0.321 e. The second-order valence-electron chi connectivity index (χ2n) is 8.98. The van der Waals surface area contributed by atoms with Crippen LogP contribution >= 0.6 is 0 Å². The average molecular weight is 480 g/mol. The second-order valence-corrected chi connectivity index (χ2v) is 8.98. The Kier molecular flexibility index (Phi) is 7.43. The molecule has 0 saturated carbocycles. The van der Waals surface area contributed by atoms with Gasteiger partial charge in [-0.25, -0.2) is 14.8 Å². The van der Waals surface area contributed by atoms with Gasteiger partial charge in [0, 0.05) is 43.3 Å². The van der Waals surface area contributed by atoms with E-state index in [1.165, 1.54) is 0 Å². The first-order chi connectivity index (χ1) is 16.8. The van der Waals surface area contributed by atoms with E-state index in [0.29, 0.717) is 37.7 Å². The summed E-state index contributed by atoms with van der Waals surface area (Å²) in [6.45, 7) is 10.4. The molecule has 1 saturated heterocycles. The number of anilines is 2. The normalized spacial score (nSPS) is 13.9. The predicted octanol–water partition coefficient (Wildman–Crippen LogP) is 4.57. The fourth-order valence-corrected chi connectivity index (χ4v) is 4.02. The Labute approximate surface area is 206 Å². The van der Waals surface area contributed by atoms with Gasteiger partial charge < -0.3 is 29.3 Å². The van der Waals surface area contributed by atoms with Crippen LogP contribution in [0.3, 0.4) is 0 Å². The van der Waals surface area contributed by atoms with Crippen molar-refractivity contribution in [3.63, 3.8) is 0 Å². The predicted molar refractivity (Wildman–Crippen MR) is 137 cm³/mol. The summed E-state index contributed by atoms with van der Waals surface area (Å²) in [4.78, 5) is 25.8. The molecule has 2 heterocycles. The van der Waals surface area contributed by atoms with Crippen molar-refractivity contribution in [1.29, 1.82) is 0 Å². The van der Waals surface area contributed by atoms with E-state index in [0.717, 1.165) is 28.2 Å². The van der Waals surface area contributed by atoms with Crippen LogP contribution in [0.15, 0.2) is 42.7 Å². The third-order valence-electron chi connectivity index (χ3n) is 5.61. The van der Waals surface area contributed by atoms with Crippen molar-refractivity contribution < 1.29 is 19.0 Å². The van der Waals surface area contributed by atoms with Crippen molar-refractivity contribution >= 4 is 28.4 Å². The third kappa shape index (κ3) is 5.85. The molecule has 0 bridgehead atoms. The highest BCUT2D eigenvalue weighted by molar-refractivity contribution is 5.92. The topological polar surface area (TPSA) is 89.1 Å². The fraction of sp³-hybridized carbons (Fsp3) is 0.423. The highest BCUT2D eigenvalue weighted by Crippen LogP contribution is 2.35. The minimum Gasteiger partial charge on any atom is -0.493 e. The zero-order chi connectivity index (χ0) is 24.9. The SMILES string of the molecule is COc1cc2c(N3CCN(C(=O)Nc4ccc(OC(C)C)cc4)CC3)ncnc2cc1OC(C)C. The number of hydrogen-bond donors (Lipinski definition) is 1. The number of carbonyl (C=O) groups is 1. The highest BCUT2D eigenvalue weighted by atomic mass is 16.5. The van der Waals surface area contributed by atoms with Gasteiger partial charge in [0.1, 0.15) is 17.9 Å². The Bertz CT molecular complexity index is 1160. The van der Waals surface area contributed by atoms with Crippen LogP contribution in [0.5, 0.6) is 17.2 Å². The lowest BCUT2D eigenvalue weighted by Crippen LogP contribution is -2.50. The van der Waals surface area contributed by atoms with Crippen molar-refractivity contribution in [1.82, 2.24) is 14.9 Å². The van der Waals surface area contributed by atoms with Gasteiger partial charge in [-0.3, -0.25) is 0 Å². The van der Waals surface area contributed by atoms with Gasteiger partial charge in [0.15, 0.2) is 11.5 Å². The van der Waals surface area contributed by atoms with Gasteiger partial charge in [0.2, 0.25) is 0 Å². The molecule has 2 aromatic carbocycles. The monoisotopic (exact) mass is 479 g/mol. The largest absolute Gasteiger partial charge is 0.493 e. The van der Waals surface area contributed by atoms with Gasteiger partial charge in [0.05, 0.1) is 24.8 Å². The number of methoxy groups -OCH3 is 1. The van der Waals surface area contributed by atoms with Crippen molar-refractivity contribution in [2.75, 3.05) is 43.5 Å². The molecular formula is C26H33N5O4. The van der Waals surface area contributed by atoms with Crippen LogP contribution in [0.1, 0.15) is 27.7 Å². The lowest BCUT2D eigenvalue weighted by Gasteiger charge is -2.35. The number of nitrogens with one attached hydrogen (secondary N) is 1. The van der Waals surface area contributed by atoms with Crippen LogP contribution in [0.25, 0.3) is 10.9 Å². The Balaban J connectivity index is 1.42. The Morgan fingerprint density at radius 2 is 1.60 bits per heavy atom. The van der Waals surface area contributed by atoms with E-state index in [-0.39, 0.29) is 18.2 Å². The summed E-state index contributed by atoms with van der Waals surface area (Å²) in [5.41, 5.74) is 1.53. The highest BCUT2D eigenvalue weighted by Gasteiger charge is 2.24. The minimum atomic E-state index is -0.119. The van der Waals surface area contributed by atoms with Crippen molar-refractivity contribution in [2.24, 2.45) is 0 Å². The number of piperazine rings is 1. The number of aromatic nitrogens is 2. The van der Waals surface area contributed by atoms with E-state index in [1.54, 1.807) is 13.4 Å². The van der Waals surface area contributed by atoms with Gasteiger partial charge in [-0.2, -0.15) is 0 Å². The van der Waals surface area contributed by atoms with Crippen LogP contribution in [0.4, 0.5) is 16.3 Å². The smallest absolute Gasteiger partial charge is 0.321 e. The van der Waals surface area contributed by atoms with Crippen LogP contribution in [-0.2, 0) is 0 Å². The Morgan fingerprint density at radius 3 is 2.23 bits per heavy atom. The molecule has 4 rings (SSSR count). The molecule has 1 N–H and O–H groups in total. The summed E-state index contributed by atoms with van der Waals surface area (Å²) in [6.07, 6.45) is 1.69. The van der Waals surface area contributed by atoms with E-state index < -0.39 is 0 Å². The zero-order valence-electron chi connectivity index (χ0n) is 20.9. The molecule has 1 aromatic heterocycles. The fourth-order valence-electron chi connectivity index (χ4n) is 4.02. The summed E-state index contributed by atoms with van der Waals surface area (Å²) >= 11 is 0. The van der Waals surface area contributed by atoms with Crippen LogP contribution in [0.2, 0.25) is 0 Å². The van der Waals surface area contributed by atoms with Crippen molar-refractivity contribution in [2.45, 2.75) is 39.9 Å². The first kappa shape index (κ1) is 24.4. The first-order valence-electron chi connectivity index (χ1n) is 11.9. The van der Waals surface area contributed by atoms with E-state index >= 15 is 0 Å². The summed E-state index contributed by atoms with van der Waals surface area (Å²) in [5, 5.41) is 3.86. The Hall–Kier alpha value is -3.75. The molecule has 1 aliphatic rings. The quantitative estimate of drug-likeness (QED) is 0.531. The van der Waals surface area contributed by atoms with Gasteiger partial charge in [0.25, 0.3) is 0 Å². The molecule has 0 aliphatic carbocycles. The number of fused-ring (bicyclic) bond motifs is 1. The standard InChI is InChI=1S/C26H33N5O4/c1-17(2)34-20-8-6-19(7-9-20)29-26(32)31-12-10-30(11-13-31)25-21-14-23(33-5)24(35-18(3)4)15-22(21)27-16-28-25/h6-9,14-18H,10-13H2,1-5H3,(H,29,32). The minimum absolute atomic E-state index is 0.0215. The number of ether oxygens (including phenoxy) is 3. The number of hydrogen-bond acceptors (Lipinski definition) is 7. The molecule has 35 heavy (non-hydrogen) atoms. The van der Waals surface area contributed by atoms with Gasteiger partial charge in [-0.05, 0) is 58.0 Å². The summed E-state index contributed by atoms with van der Waals surface area (Å²) in [5.74, 6) is 2.91. The number of rotatable bonds is 7. The van der Waals surface area contributed by atoms with Gasteiger partial charge >= 0.3 is 6.03 Å². The van der Waals surface area contributed by atoms with Crippen LogP contribution in [0, 0.1) is 0 Å². The molecule has 0 radical (unpaired) electrons. The molecule has 186 valence electrons. The molecule has 1 fully saturated rings. The van der Waals surface area contributed by atoms with Crippen molar-refractivity contribution in [3.8, 4) is 17.2 Å². The van der Waals surface area contributed by atoms with Crippen LogP contribution < -0.4 is 24.4 Å². The molecule has 1 aliphatic heterocycles. The summed E-state index contributed by atoms with van der Waals surface area (Å²) < 4.78 is 17.1. The van der Waals surface area contributed by atoms with Gasteiger partial charge in [-0.15, -0.1) is 0 Å². The van der Waals surface area contributed by atoms with Gasteiger partial charge in [-0.1, -0.05) is 0 Å². The molecule has 0 spiro atoms. The molecule has 2 amide bonds. The molecular weight excluding hydrogens is 446 g/mol.